The van der Waals surface area contributed by atoms with E-state index < -0.39 is 65.5 Å². The van der Waals surface area contributed by atoms with Crippen molar-refractivity contribution >= 4 is 29.8 Å². The third-order valence-electron chi connectivity index (χ3n) is 7.62. The van der Waals surface area contributed by atoms with Gasteiger partial charge in [-0.1, -0.05) is 61.0 Å². The molecule has 47 heavy (non-hydrogen) atoms. The fraction of sp³-hybridized carbons (Fsp3) is 0.528. The third-order valence-corrected chi connectivity index (χ3v) is 7.62. The summed E-state index contributed by atoms with van der Waals surface area (Å²) in [4.78, 5) is 69.0. The number of benzene rings is 2. The minimum Gasteiger partial charge on any atom is -0.458 e. The zero-order valence-electron chi connectivity index (χ0n) is 29.0. The Morgan fingerprint density at radius 2 is 1.49 bits per heavy atom. The molecule has 0 aromatic heterocycles. The van der Waals surface area contributed by atoms with E-state index in [1.54, 1.807) is 41.5 Å². The van der Waals surface area contributed by atoms with E-state index in [4.69, 9.17) is 15.2 Å². The van der Waals surface area contributed by atoms with E-state index >= 15 is 0 Å². The van der Waals surface area contributed by atoms with Gasteiger partial charge in [0.1, 0.15) is 29.3 Å². The van der Waals surface area contributed by atoms with Gasteiger partial charge in [0, 0.05) is 12.5 Å². The summed E-state index contributed by atoms with van der Waals surface area (Å²) in [5, 5.41) is 5.42. The van der Waals surface area contributed by atoms with Gasteiger partial charge in [-0.05, 0) is 84.4 Å². The molecule has 256 valence electrons. The first kappa shape index (κ1) is 37.1. The van der Waals surface area contributed by atoms with Crippen LogP contribution in [0.3, 0.4) is 0 Å². The molecule has 5 atom stereocenters. The number of aryl methyl sites for hydroxylation is 2. The number of primary amides is 1. The fourth-order valence-electron chi connectivity index (χ4n) is 5.34. The maximum absolute atomic E-state index is 14.6. The van der Waals surface area contributed by atoms with E-state index in [1.807, 2.05) is 69.3 Å². The second-order valence-corrected chi connectivity index (χ2v) is 14.4. The summed E-state index contributed by atoms with van der Waals surface area (Å²) < 4.78 is 11.1. The van der Waals surface area contributed by atoms with Gasteiger partial charge in [0.15, 0.2) is 0 Å². The van der Waals surface area contributed by atoms with Crippen LogP contribution in [0, 0.1) is 19.8 Å². The Labute approximate surface area is 277 Å². The Bertz CT molecular complexity index is 1460. The van der Waals surface area contributed by atoms with E-state index in [0.717, 1.165) is 16.7 Å². The van der Waals surface area contributed by atoms with Crippen molar-refractivity contribution in [3.63, 3.8) is 0 Å². The van der Waals surface area contributed by atoms with Gasteiger partial charge >= 0.3 is 12.1 Å². The molecule has 4 amide bonds. The first-order valence-electron chi connectivity index (χ1n) is 16.0. The topological polar surface area (TPSA) is 157 Å². The van der Waals surface area contributed by atoms with Crippen molar-refractivity contribution < 1.29 is 33.4 Å². The average Bonchev–Trinajstić information content (AvgIpc) is 3.65. The smallest absolute Gasteiger partial charge is 0.408 e. The number of nitrogens with two attached hydrogens (primary N) is 1. The molecule has 2 aromatic carbocycles. The zero-order chi connectivity index (χ0) is 35.3. The monoisotopic (exact) mass is 650 g/mol. The number of rotatable bonds is 12. The van der Waals surface area contributed by atoms with Crippen molar-refractivity contribution in [3.8, 4) is 0 Å². The molecular formula is C36H50N4O7. The summed E-state index contributed by atoms with van der Waals surface area (Å²) in [5.74, 6) is -2.68. The van der Waals surface area contributed by atoms with Gasteiger partial charge in [-0.25, -0.2) is 9.59 Å². The lowest BCUT2D eigenvalue weighted by Crippen LogP contribution is -2.56. The number of hydrogen-bond acceptors (Lipinski definition) is 7. The zero-order valence-corrected chi connectivity index (χ0v) is 29.0. The second-order valence-electron chi connectivity index (χ2n) is 14.4. The highest BCUT2D eigenvalue weighted by Crippen LogP contribution is 2.41. The molecule has 1 aliphatic rings. The molecule has 4 N–H and O–H groups in total. The highest BCUT2D eigenvalue weighted by molar-refractivity contribution is 5.96. The number of amides is 4. The Hall–Kier alpha value is -4.41. The number of hydrogen-bond donors (Lipinski definition) is 3. The number of carbonyl (C=O) groups is 5. The van der Waals surface area contributed by atoms with Crippen LogP contribution in [0.15, 0.2) is 48.5 Å². The molecular weight excluding hydrogens is 600 g/mol. The van der Waals surface area contributed by atoms with Gasteiger partial charge in [-0.2, -0.15) is 0 Å². The molecule has 0 radical (unpaired) electrons. The molecule has 2 aromatic rings. The third kappa shape index (κ3) is 11.1. The number of nitrogens with zero attached hydrogens (tertiary/aromatic N) is 1. The fourth-order valence-corrected chi connectivity index (χ4v) is 5.34. The highest BCUT2D eigenvalue weighted by Gasteiger charge is 2.49. The van der Waals surface area contributed by atoms with Crippen LogP contribution >= 0.6 is 0 Å². The first-order chi connectivity index (χ1) is 21.8. The lowest BCUT2D eigenvalue weighted by Gasteiger charge is -2.36. The van der Waals surface area contributed by atoms with Crippen LogP contribution in [0.4, 0.5) is 4.79 Å². The van der Waals surface area contributed by atoms with E-state index in [-0.39, 0.29) is 18.4 Å². The van der Waals surface area contributed by atoms with Crippen LogP contribution in [0.25, 0.3) is 0 Å². The second kappa shape index (κ2) is 15.0. The largest absolute Gasteiger partial charge is 0.458 e. The molecule has 1 aliphatic carbocycles. The standard InChI is InChI=1S/C36H50N4O7/c1-21-15-16-22(2)25(17-21)30(31(42)38-27(33(44)46-35(4,5)6)19-24-13-11-10-12-14-24)40(28-18-23(28)3)32(43)26(20-29(37)41)39-34(45)47-36(7,8)9/h10-17,23,26-28,30H,18-20H2,1-9H3,(H2,37,41)(H,38,42)(H,39,45). The van der Waals surface area contributed by atoms with Gasteiger partial charge in [0.25, 0.3) is 0 Å². The van der Waals surface area contributed by atoms with Crippen molar-refractivity contribution in [2.24, 2.45) is 11.7 Å². The summed E-state index contributed by atoms with van der Waals surface area (Å²) in [6, 6.07) is 10.8. The number of esters is 1. The van der Waals surface area contributed by atoms with Gasteiger partial charge in [0.2, 0.25) is 17.7 Å². The molecule has 0 heterocycles. The molecule has 5 unspecified atom stereocenters. The van der Waals surface area contributed by atoms with Crippen molar-refractivity contribution in [2.45, 2.75) is 117 Å². The minimum absolute atomic E-state index is 0.0288. The summed E-state index contributed by atoms with van der Waals surface area (Å²) >= 11 is 0. The molecule has 0 saturated heterocycles. The maximum Gasteiger partial charge on any atom is 0.408 e. The van der Waals surface area contributed by atoms with Gasteiger partial charge in [0.05, 0.1) is 6.42 Å². The molecule has 3 rings (SSSR count). The number of carbonyl (C=O) groups excluding carboxylic acids is 5. The Morgan fingerprint density at radius 1 is 0.894 bits per heavy atom. The highest BCUT2D eigenvalue weighted by atomic mass is 16.6. The summed E-state index contributed by atoms with van der Waals surface area (Å²) in [6.07, 6.45) is -0.665. The van der Waals surface area contributed by atoms with Crippen molar-refractivity contribution in [2.75, 3.05) is 0 Å². The Kier molecular flexibility index (Phi) is 11.8. The predicted molar refractivity (Wildman–Crippen MR) is 178 cm³/mol. The van der Waals surface area contributed by atoms with Crippen LogP contribution < -0.4 is 16.4 Å². The van der Waals surface area contributed by atoms with Crippen molar-refractivity contribution in [1.29, 1.82) is 0 Å². The van der Waals surface area contributed by atoms with Crippen molar-refractivity contribution in [1.82, 2.24) is 15.5 Å². The van der Waals surface area contributed by atoms with E-state index in [9.17, 15) is 24.0 Å². The number of nitrogens with one attached hydrogen (secondary N) is 2. The van der Waals surface area contributed by atoms with Crippen molar-refractivity contribution in [3.05, 3.63) is 70.8 Å². The van der Waals surface area contributed by atoms with Gasteiger partial charge in [-0.15, -0.1) is 0 Å². The first-order valence-corrected chi connectivity index (χ1v) is 16.0. The summed E-state index contributed by atoms with van der Waals surface area (Å²) in [5.41, 5.74) is 6.80. The van der Waals surface area contributed by atoms with E-state index in [0.29, 0.717) is 12.0 Å². The Morgan fingerprint density at radius 3 is 2.02 bits per heavy atom. The Balaban J connectivity index is 2.11. The van der Waals surface area contributed by atoms with Crippen LogP contribution in [0.1, 0.15) is 89.6 Å². The quantitative estimate of drug-likeness (QED) is 0.287. The molecule has 1 fully saturated rings. The minimum atomic E-state index is -1.40. The molecule has 1 saturated carbocycles. The SMILES string of the molecule is Cc1ccc(C)c(C(C(=O)NC(Cc2ccccc2)C(=O)OC(C)(C)C)N(C(=O)C(CC(N)=O)NC(=O)OC(C)(C)C)C2CC2C)c1. The maximum atomic E-state index is 14.6. The molecule has 11 nitrogen and oxygen atoms in total. The van der Waals surface area contributed by atoms with Crippen LogP contribution in [0.2, 0.25) is 0 Å². The molecule has 11 heteroatoms. The summed E-state index contributed by atoms with van der Waals surface area (Å²) in [6.45, 7) is 15.9. The average molecular weight is 651 g/mol. The normalized spacial score (nSPS) is 17.8. The number of alkyl carbamates (subject to hydrolysis) is 1. The molecule has 0 bridgehead atoms. The number of ether oxygens (including phenoxy) is 2. The van der Waals surface area contributed by atoms with Gasteiger partial charge in [-0.3, -0.25) is 14.4 Å². The summed E-state index contributed by atoms with van der Waals surface area (Å²) in [7, 11) is 0. The molecule has 0 spiro atoms. The molecule has 0 aliphatic heterocycles. The van der Waals surface area contributed by atoms with Gasteiger partial charge < -0.3 is 30.7 Å². The van der Waals surface area contributed by atoms with Crippen LogP contribution in [-0.2, 0) is 35.1 Å². The lowest BCUT2D eigenvalue weighted by molar-refractivity contribution is -0.159. The predicted octanol–water partition coefficient (Wildman–Crippen LogP) is 4.42. The lowest BCUT2D eigenvalue weighted by atomic mass is 9.95. The van der Waals surface area contributed by atoms with E-state index in [2.05, 4.69) is 10.6 Å². The van der Waals surface area contributed by atoms with Crippen LogP contribution in [0.5, 0.6) is 0 Å². The van der Waals surface area contributed by atoms with Crippen LogP contribution in [-0.4, -0.2) is 64.0 Å². The van der Waals surface area contributed by atoms with E-state index in [1.165, 1.54) is 4.90 Å².